The summed E-state index contributed by atoms with van der Waals surface area (Å²) in [6.07, 6.45) is 5.84. The second-order valence-electron chi connectivity index (χ2n) is 4.56. The molecule has 0 aromatic heterocycles. The van der Waals surface area contributed by atoms with Gasteiger partial charge in [0.2, 0.25) is 0 Å². The maximum Gasteiger partial charge on any atom is 0.0126 e. The van der Waals surface area contributed by atoms with E-state index in [0.29, 0.717) is 6.04 Å². The Morgan fingerprint density at radius 2 is 1.92 bits per heavy atom. The molecule has 1 rings (SSSR count). The molecule has 0 amide bonds. The molecule has 1 saturated carbocycles. The zero-order chi connectivity index (χ0) is 9.19. The van der Waals surface area contributed by atoms with Gasteiger partial charge in [-0.2, -0.15) is 0 Å². The third-order valence-electron chi connectivity index (χ3n) is 3.25. The van der Waals surface area contributed by atoms with E-state index in [4.69, 9.17) is 11.5 Å². The average molecular weight is 170 g/mol. The van der Waals surface area contributed by atoms with Gasteiger partial charge in [0.15, 0.2) is 0 Å². The SMILES string of the molecule is CCC(N)C1CCC(C)(N)CC1. The van der Waals surface area contributed by atoms with E-state index < -0.39 is 0 Å². The first-order valence-electron chi connectivity index (χ1n) is 5.09. The summed E-state index contributed by atoms with van der Waals surface area (Å²) in [5.41, 5.74) is 12.1. The summed E-state index contributed by atoms with van der Waals surface area (Å²) < 4.78 is 0. The number of nitrogens with two attached hydrogens (primary N) is 2. The van der Waals surface area contributed by atoms with Crippen molar-refractivity contribution in [2.75, 3.05) is 0 Å². The van der Waals surface area contributed by atoms with Crippen molar-refractivity contribution in [1.29, 1.82) is 0 Å². The van der Waals surface area contributed by atoms with Gasteiger partial charge in [0.1, 0.15) is 0 Å². The minimum Gasteiger partial charge on any atom is -0.327 e. The van der Waals surface area contributed by atoms with Crippen molar-refractivity contribution < 1.29 is 0 Å². The standard InChI is InChI=1S/C10H22N2/c1-3-9(11)8-4-6-10(2,12)7-5-8/h8-9H,3-7,11-12H2,1-2H3. The van der Waals surface area contributed by atoms with Crippen molar-refractivity contribution in [3.05, 3.63) is 0 Å². The van der Waals surface area contributed by atoms with Gasteiger partial charge in [-0.05, 0) is 44.9 Å². The summed E-state index contributed by atoms with van der Waals surface area (Å²) in [7, 11) is 0. The lowest BCUT2D eigenvalue weighted by atomic mass is 9.75. The lowest BCUT2D eigenvalue weighted by molar-refractivity contribution is 0.222. The lowest BCUT2D eigenvalue weighted by Gasteiger charge is -2.36. The molecule has 1 aliphatic rings. The minimum atomic E-state index is 0.0873. The summed E-state index contributed by atoms with van der Waals surface area (Å²) in [5, 5.41) is 0. The highest BCUT2D eigenvalue weighted by Crippen LogP contribution is 2.31. The van der Waals surface area contributed by atoms with Crippen LogP contribution < -0.4 is 11.5 Å². The average Bonchev–Trinajstić information content (AvgIpc) is 2.03. The quantitative estimate of drug-likeness (QED) is 0.662. The second kappa shape index (κ2) is 3.75. The Hall–Kier alpha value is -0.0800. The Morgan fingerprint density at radius 3 is 2.33 bits per heavy atom. The van der Waals surface area contributed by atoms with Crippen LogP contribution in [0.3, 0.4) is 0 Å². The third kappa shape index (κ3) is 2.46. The molecule has 72 valence electrons. The predicted octanol–water partition coefficient (Wildman–Crippen LogP) is 1.63. The first-order chi connectivity index (χ1) is 5.55. The molecule has 0 saturated heterocycles. The summed E-state index contributed by atoms with van der Waals surface area (Å²) in [6.45, 7) is 4.32. The first-order valence-corrected chi connectivity index (χ1v) is 5.09. The topological polar surface area (TPSA) is 52.0 Å². The third-order valence-corrected chi connectivity index (χ3v) is 3.25. The van der Waals surface area contributed by atoms with Gasteiger partial charge in [-0.1, -0.05) is 6.92 Å². The molecule has 1 aliphatic carbocycles. The second-order valence-corrected chi connectivity index (χ2v) is 4.56. The highest BCUT2D eigenvalue weighted by Gasteiger charge is 2.29. The van der Waals surface area contributed by atoms with Crippen LogP contribution in [0.15, 0.2) is 0 Å². The fourth-order valence-corrected chi connectivity index (χ4v) is 2.06. The van der Waals surface area contributed by atoms with Crippen LogP contribution in [-0.2, 0) is 0 Å². The monoisotopic (exact) mass is 170 g/mol. The molecule has 0 aliphatic heterocycles. The summed E-state index contributed by atoms with van der Waals surface area (Å²) >= 11 is 0. The fraction of sp³-hybridized carbons (Fsp3) is 1.00. The summed E-state index contributed by atoms with van der Waals surface area (Å²) in [5.74, 6) is 0.728. The van der Waals surface area contributed by atoms with Crippen LogP contribution in [0.1, 0.15) is 46.0 Å². The maximum absolute atomic E-state index is 6.04. The van der Waals surface area contributed by atoms with Crippen LogP contribution >= 0.6 is 0 Å². The van der Waals surface area contributed by atoms with E-state index in [9.17, 15) is 0 Å². The molecule has 2 nitrogen and oxygen atoms in total. The number of hydrogen-bond acceptors (Lipinski definition) is 2. The van der Waals surface area contributed by atoms with Gasteiger partial charge in [-0.25, -0.2) is 0 Å². The van der Waals surface area contributed by atoms with E-state index in [1.165, 1.54) is 12.8 Å². The molecule has 12 heavy (non-hydrogen) atoms. The fourth-order valence-electron chi connectivity index (χ4n) is 2.06. The Labute approximate surface area is 75.7 Å². The van der Waals surface area contributed by atoms with Gasteiger partial charge in [-0.3, -0.25) is 0 Å². The number of rotatable bonds is 2. The van der Waals surface area contributed by atoms with Crippen molar-refractivity contribution in [2.45, 2.75) is 57.5 Å². The molecule has 0 radical (unpaired) electrons. The molecule has 0 heterocycles. The Morgan fingerprint density at radius 1 is 1.42 bits per heavy atom. The molecule has 1 atom stereocenters. The van der Waals surface area contributed by atoms with Crippen LogP contribution in [0.5, 0.6) is 0 Å². The Balaban J connectivity index is 2.36. The van der Waals surface area contributed by atoms with Gasteiger partial charge in [0, 0.05) is 11.6 Å². The van der Waals surface area contributed by atoms with Crippen molar-refractivity contribution in [1.82, 2.24) is 0 Å². The van der Waals surface area contributed by atoms with E-state index in [1.807, 2.05) is 0 Å². The molecular formula is C10H22N2. The van der Waals surface area contributed by atoms with E-state index in [1.54, 1.807) is 0 Å². The van der Waals surface area contributed by atoms with Crippen LogP contribution in [0.2, 0.25) is 0 Å². The molecule has 1 unspecified atom stereocenters. The van der Waals surface area contributed by atoms with Gasteiger partial charge < -0.3 is 11.5 Å². The molecule has 0 aromatic rings. The van der Waals surface area contributed by atoms with Gasteiger partial charge in [0.05, 0.1) is 0 Å². The molecule has 0 spiro atoms. The van der Waals surface area contributed by atoms with Crippen molar-refractivity contribution in [2.24, 2.45) is 17.4 Å². The zero-order valence-electron chi connectivity index (χ0n) is 8.34. The normalized spacial score (nSPS) is 39.5. The lowest BCUT2D eigenvalue weighted by Crippen LogP contribution is -2.43. The van der Waals surface area contributed by atoms with Gasteiger partial charge in [-0.15, -0.1) is 0 Å². The van der Waals surface area contributed by atoms with Crippen molar-refractivity contribution in [3.63, 3.8) is 0 Å². The summed E-state index contributed by atoms with van der Waals surface area (Å²) in [6, 6.07) is 0.404. The predicted molar refractivity (Wildman–Crippen MR) is 52.8 cm³/mol. The van der Waals surface area contributed by atoms with Crippen LogP contribution in [-0.4, -0.2) is 11.6 Å². The Kier molecular flexibility index (Phi) is 3.13. The van der Waals surface area contributed by atoms with Crippen LogP contribution in [0.25, 0.3) is 0 Å². The minimum absolute atomic E-state index is 0.0873. The van der Waals surface area contributed by atoms with E-state index in [-0.39, 0.29) is 5.54 Å². The highest BCUT2D eigenvalue weighted by atomic mass is 14.7. The molecule has 1 fully saturated rings. The Bertz CT molecular complexity index is 133. The summed E-state index contributed by atoms with van der Waals surface area (Å²) in [4.78, 5) is 0. The van der Waals surface area contributed by atoms with Gasteiger partial charge in [0.25, 0.3) is 0 Å². The largest absolute Gasteiger partial charge is 0.327 e. The van der Waals surface area contributed by atoms with E-state index in [0.717, 1.165) is 25.2 Å². The molecule has 0 aromatic carbocycles. The van der Waals surface area contributed by atoms with E-state index >= 15 is 0 Å². The van der Waals surface area contributed by atoms with Gasteiger partial charge >= 0.3 is 0 Å². The first kappa shape index (κ1) is 10.0. The smallest absolute Gasteiger partial charge is 0.0126 e. The number of hydrogen-bond donors (Lipinski definition) is 2. The zero-order valence-corrected chi connectivity index (χ0v) is 8.34. The maximum atomic E-state index is 6.04. The molecule has 2 heteroatoms. The van der Waals surface area contributed by atoms with Crippen LogP contribution in [0.4, 0.5) is 0 Å². The molecule has 0 bridgehead atoms. The molecular weight excluding hydrogens is 148 g/mol. The van der Waals surface area contributed by atoms with E-state index in [2.05, 4.69) is 13.8 Å². The van der Waals surface area contributed by atoms with Crippen molar-refractivity contribution in [3.8, 4) is 0 Å². The van der Waals surface area contributed by atoms with Crippen LogP contribution in [0, 0.1) is 5.92 Å². The highest BCUT2D eigenvalue weighted by molar-refractivity contribution is 4.88. The van der Waals surface area contributed by atoms with Crippen molar-refractivity contribution >= 4 is 0 Å². The molecule has 4 N–H and O–H groups in total.